The Morgan fingerprint density at radius 2 is 2.31 bits per heavy atom. The summed E-state index contributed by atoms with van der Waals surface area (Å²) in [5.74, 6) is -0.0245. The first-order chi connectivity index (χ1) is 6.22. The number of nitrogens with zero attached hydrogens (tertiary/aromatic N) is 2. The zero-order chi connectivity index (χ0) is 9.68. The third-order valence-electron chi connectivity index (χ3n) is 1.39. The van der Waals surface area contributed by atoms with Crippen molar-refractivity contribution in [2.45, 2.75) is 13.3 Å². The Morgan fingerprint density at radius 1 is 1.54 bits per heavy atom. The van der Waals surface area contributed by atoms with Gasteiger partial charge in [0.15, 0.2) is 0 Å². The van der Waals surface area contributed by atoms with Crippen LogP contribution in [0.4, 0.5) is 0 Å². The molecule has 0 saturated heterocycles. The van der Waals surface area contributed by atoms with Crippen molar-refractivity contribution in [3.63, 3.8) is 0 Å². The summed E-state index contributed by atoms with van der Waals surface area (Å²) in [7, 11) is 0. The molecule has 0 aliphatic heterocycles. The molecule has 0 amide bonds. The molecule has 0 aliphatic carbocycles. The van der Waals surface area contributed by atoms with Gasteiger partial charge < -0.3 is 11.5 Å². The second kappa shape index (κ2) is 4.61. The Labute approximate surface area is 81.0 Å². The van der Waals surface area contributed by atoms with Crippen molar-refractivity contribution in [1.82, 2.24) is 0 Å². The maximum Gasteiger partial charge on any atom is 0.211 e. The fourth-order valence-electron chi connectivity index (χ4n) is 0.806. The summed E-state index contributed by atoms with van der Waals surface area (Å²) < 4.78 is 0. The van der Waals surface area contributed by atoms with Crippen molar-refractivity contribution in [3.05, 3.63) is 21.9 Å². The van der Waals surface area contributed by atoms with E-state index in [1.165, 1.54) is 4.88 Å². The SMILES string of the molecule is CCc1ccc(C=NN=C(N)N)s1. The van der Waals surface area contributed by atoms with Gasteiger partial charge in [0.25, 0.3) is 0 Å². The first-order valence-electron chi connectivity index (χ1n) is 3.93. The van der Waals surface area contributed by atoms with Gasteiger partial charge in [-0.3, -0.25) is 0 Å². The van der Waals surface area contributed by atoms with Gasteiger partial charge >= 0.3 is 0 Å². The number of hydrogen-bond donors (Lipinski definition) is 2. The van der Waals surface area contributed by atoms with Crippen molar-refractivity contribution >= 4 is 23.5 Å². The molecule has 1 rings (SSSR count). The van der Waals surface area contributed by atoms with Crippen LogP contribution in [-0.4, -0.2) is 12.2 Å². The van der Waals surface area contributed by atoms with Crippen LogP contribution in [0.25, 0.3) is 0 Å². The summed E-state index contributed by atoms with van der Waals surface area (Å²) in [6.07, 6.45) is 2.68. The molecule has 0 fully saturated rings. The van der Waals surface area contributed by atoms with Gasteiger partial charge in [0.2, 0.25) is 5.96 Å². The van der Waals surface area contributed by atoms with Crippen LogP contribution in [0.2, 0.25) is 0 Å². The molecule has 0 aromatic carbocycles. The monoisotopic (exact) mass is 196 g/mol. The van der Waals surface area contributed by atoms with Gasteiger partial charge in [-0.15, -0.1) is 16.4 Å². The minimum absolute atomic E-state index is 0.0245. The molecule has 5 heteroatoms. The molecule has 4 nitrogen and oxygen atoms in total. The molecule has 0 aliphatic rings. The zero-order valence-electron chi connectivity index (χ0n) is 7.40. The van der Waals surface area contributed by atoms with Crippen LogP contribution in [0.5, 0.6) is 0 Å². The summed E-state index contributed by atoms with van der Waals surface area (Å²) in [5.41, 5.74) is 10.2. The Balaban J connectivity index is 2.64. The smallest absolute Gasteiger partial charge is 0.211 e. The number of thiophene rings is 1. The molecule has 4 N–H and O–H groups in total. The average Bonchev–Trinajstić information content (AvgIpc) is 2.52. The van der Waals surface area contributed by atoms with E-state index in [0.29, 0.717) is 0 Å². The minimum atomic E-state index is -0.0245. The van der Waals surface area contributed by atoms with Crippen LogP contribution in [0.15, 0.2) is 22.3 Å². The molecular formula is C8H12N4S. The average molecular weight is 196 g/mol. The second-order valence-electron chi connectivity index (χ2n) is 2.43. The lowest BCUT2D eigenvalue weighted by molar-refractivity contribution is 1.19. The highest BCUT2D eigenvalue weighted by molar-refractivity contribution is 7.13. The zero-order valence-corrected chi connectivity index (χ0v) is 8.21. The first-order valence-corrected chi connectivity index (χ1v) is 4.74. The van der Waals surface area contributed by atoms with Crippen LogP contribution in [0.3, 0.4) is 0 Å². The van der Waals surface area contributed by atoms with Crippen LogP contribution >= 0.6 is 11.3 Å². The molecule has 0 spiro atoms. The van der Waals surface area contributed by atoms with Crippen LogP contribution in [0.1, 0.15) is 16.7 Å². The van der Waals surface area contributed by atoms with E-state index in [1.807, 2.05) is 6.07 Å². The van der Waals surface area contributed by atoms with E-state index in [-0.39, 0.29) is 5.96 Å². The van der Waals surface area contributed by atoms with Gasteiger partial charge in [0.05, 0.1) is 6.21 Å². The predicted molar refractivity (Wildman–Crippen MR) is 57.1 cm³/mol. The van der Waals surface area contributed by atoms with Crippen LogP contribution < -0.4 is 11.5 Å². The van der Waals surface area contributed by atoms with E-state index < -0.39 is 0 Å². The summed E-state index contributed by atoms with van der Waals surface area (Å²) >= 11 is 1.68. The molecule has 0 saturated carbocycles. The molecule has 0 unspecified atom stereocenters. The third-order valence-corrected chi connectivity index (χ3v) is 2.55. The van der Waals surface area contributed by atoms with Crippen molar-refractivity contribution in [1.29, 1.82) is 0 Å². The molecule has 1 heterocycles. The molecule has 0 atom stereocenters. The number of guanidine groups is 1. The standard InChI is InChI=1S/C8H12N4S/c1-2-6-3-4-7(13-6)5-11-12-8(9)10/h3-5H,2H2,1H3,(H4,9,10,12). The van der Waals surface area contributed by atoms with E-state index in [0.717, 1.165) is 11.3 Å². The summed E-state index contributed by atoms with van der Waals surface area (Å²) in [5, 5.41) is 7.22. The second-order valence-corrected chi connectivity index (χ2v) is 3.63. The molecule has 1 aromatic heterocycles. The Hall–Kier alpha value is -1.36. The maximum atomic E-state index is 5.11. The van der Waals surface area contributed by atoms with Gasteiger partial charge in [-0.05, 0) is 18.6 Å². The highest BCUT2D eigenvalue weighted by Crippen LogP contribution is 2.14. The lowest BCUT2D eigenvalue weighted by Crippen LogP contribution is -2.21. The molecule has 1 aromatic rings. The quantitative estimate of drug-likeness (QED) is 0.428. The highest BCUT2D eigenvalue weighted by Gasteiger charge is 1.93. The number of aryl methyl sites for hydroxylation is 1. The topological polar surface area (TPSA) is 76.8 Å². The largest absolute Gasteiger partial charge is 0.369 e. The van der Waals surface area contributed by atoms with Crippen molar-refractivity contribution < 1.29 is 0 Å². The number of nitrogens with two attached hydrogens (primary N) is 2. The van der Waals surface area contributed by atoms with E-state index >= 15 is 0 Å². The van der Waals surface area contributed by atoms with E-state index in [4.69, 9.17) is 11.5 Å². The van der Waals surface area contributed by atoms with E-state index in [1.54, 1.807) is 17.6 Å². The van der Waals surface area contributed by atoms with Crippen LogP contribution in [0, 0.1) is 0 Å². The number of rotatable bonds is 3. The Kier molecular flexibility index (Phi) is 3.45. The van der Waals surface area contributed by atoms with Crippen molar-refractivity contribution in [2.75, 3.05) is 0 Å². The van der Waals surface area contributed by atoms with Gasteiger partial charge in [-0.1, -0.05) is 6.92 Å². The van der Waals surface area contributed by atoms with Gasteiger partial charge in [-0.2, -0.15) is 5.10 Å². The Morgan fingerprint density at radius 3 is 2.85 bits per heavy atom. The van der Waals surface area contributed by atoms with Crippen LogP contribution in [-0.2, 0) is 6.42 Å². The lowest BCUT2D eigenvalue weighted by Gasteiger charge is -1.84. The summed E-state index contributed by atoms with van der Waals surface area (Å²) in [4.78, 5) is 2.38. The maximum absolute atomic E-state index is 5.11. The first kappa shape index (κ1) is 9.73. The molecule has 70 valence electrons. The normalized spacial score (nSPS) is 10.5. The minimum Gasteiger partial charge on any atom is -0.369 e. The fraction of sp³-hybridized carbons (Fsp3) is 0.250. The molecule has 13 heavy (non-hydrogen) atoms. The van der Waals surface area contributed by atoms with Gasteiger partial charge in [-0.25, -0.2) is 0 Å². The fourth-order valence-corrected chi connectivity index (χ4v) is 1.63. The van der Waals surface area contributed by atoms with E-state index in [9.17, 15) is 0 Å². The molecular weight excluding hydrogens is 184 g/mol. The van der Waals surface area contributed by atoms with Crippen molar-refractivity contribution in [3.8, 4) is 0 Å². The van der Waals surface area contributed by atoms with Crippen molar-refractivity contribution in [2.24, 2.45) is 21.7 Å². The number of hydrogen-bond acceptors (Lipinski definition) is 3. The third kappa shape index (κ3) is 3.25. The van der Waals surface area contributed by atoms with Gasteiger partial charge in [0.1, 0.15) is 0 Å². The lowest BCUT2D eigenvalue weighted by atomic mass is 10.4. The summed E-state index contributed by atoms with van der Waals surface area (Å²) in [6, 6.07) is 4.07. The van der Waals surface area contributed by atoms with E-state index in [2.05, 4.69) is 23.2 Å². The molecule has 0 radical (unpaired) electrons. The summed E-state index contributed by atoms with van der Waals surface area (Å²) in [6.45, 7) is 2.11. The Bertz CT molecular complexity index is 323. The predicted octanol–water partition coefficient (Wildman–Crippen LogP) is 0.918. The highest BCUT2D eigenvalue weighted by atomic mass is 32.1. The molecule has 0 bridgehead atoms. The van der Waals surface area contributed by atoms with Gasteiger partial charge in [0, 0.05) is 9.75 Å².